The Labute approximate surface area is 123 Å². The van der Waals surface area contributed by atoms with Gasteiger partial charge in [-0.1, -0.05) is 0 Å². The monoisotopic (exact) mass is 285 g/mol. The highest BCUT2D eigenvalue weighted by Gasteiger charge is 2.31. The number of H-pyrrole nitrogens is 1. The number of hydrogen-bond acceptors (Lipinski definition) is 4. The van der Waals surface area contributed by atoms with Gasteiger partial charge in [-0.15, -0.1) is 0 Å². The van der Waals surface area contributed by atoms with E-state index in [0.29, 0.717) is 6.42 Å². The third-order valence-corrected chi connectivity index (χ3v) is 4.13. The fourth-order valence-electron chi connectivity index (χ4n) is 2.96. The summed E-state index contributed by atoms with van der Waals surface area (Å²) in [6, 6.07) is 1.97. The second-order valence-electron chi connectivity index (χ2n) is 5.47. The van der Waals surface area contributed by atoms with E-state index in [2.05, 4.69) is 20.2 Å². The molecule has 0 aliphatic carbocycles. The number of carbonyl (C=O) groups is 1. The van der Waals surface area contributed by atoms with E-state index in [9.17, 15) is 4.79 Å². The number of carbonyl (C=O) groups excluding carboxylic acids is 1. The standard InChI is InChI=1S/C15H19N5O/c1-10-12(11(2)19-18-10)8-15(21)20-7-3-4-14(20)13-5-6-16-9-17-13/h5-6,9,14H,3-4,7-8H2,1-2H3,(H,18,19). The molecule has 0 bridgehead atoms. The molecule has 0 aromatic carbocycles. The highest BCUT2D eigenvalue weighted by Crippen LogP contribution is 2.31. The van der Waals surface area contributed by atoms with E-state index in [1.165, 1.54) is 0 Å². The third-order valence-electron chi connectivity index (χ3n) is 4.13. The van der Waals surface area contributed by atoms with Crippen LogP contribution in [0.15, 0.2) is 18.6 Å². The Bertz CT molecular complexity index is 617. The molecule has 1 amide bonds. The molecule has 0 saturated carbocycles. The molecular formula is C15H19N5O. The number of rotatable bonds is 3. The summed E-state index contributed by atoms with van der Waals surface area (Å²) >= 11 is 0. The molecule has 6 nitrogen and oxygen atoms in total. The van der Waals surface area contributed by atoms with E-state index in [0.717, 1.165) is 42.0 Å². The van der Waals surface area contributed by atoms with E-state index >= 15 is 0 Å². The van der Waals surface area contributed by atoms with Gasteiger partial charge in [-0.2, -0.15) is 5.10 Å². The zero-order valence-electron chi connectivity index (χ0n) is 12.3. The summed E-state index contributed by atoms with van der Waals surface area (Å²) < 4.78 is 0. The van der Waals surface area contributed by atoms with Crippen LogP contribution in [0.4, 0.5) is 0 Å². The first-order chi connectivity index (χ1) is 10.2. The van der Waals surface area contributed by atoms with Crippen molar-refractivity contribution in [3.63, 3.8) is 0 Å². The zero-order chi connectivity index (χ0) is 14.8. The number of aromatic nitrogens is 4. The first-order valence-corrected chi connectivity index (χ1v) is 7.22. The van der Waals surface area contributed by atoms with Gasteiger partial charge in [0.25, 0.3) is 0 Å². The lowest BCUT2D eigenvalue weighted by Crippen LogP contribution is -2.32. The highest BCUT2D eigenvalue weighted by atomic mass is 16.2. The average Bonchev–Trinajstić information content (AvgIpc) is 3.10. The van der Waals surface area contributed by atoms with Crippen LogP contribution >= 0.6 is 0 Å². The minimum atomic E-state index is 0.0769. The maximum Gasteiger partial charge on any atom is 0.227 e. The van der Waals surface area contributed by atoms with Crippen LogP contribution in [0.3, 0.4) is 0 Å². The van der Waals surface area contributed by atoms with Crippen LogP contribution < -0.4 is 0 Å². The van der Waals surface area contributed by atoms with Gasteiger partial charge in [-0.25, -0.2) is 9.97 Å². The van der Waals surface area contributed by atoms with Crippen LogP contribution in [0.2, 0.25) is 0 Å². The van der Waals surface area contributed by atoms with Crippen molar-refractivity contribution in [1.29, 1.82) is 0 Å². The fourth-order valence-corrected chi connectivity index (χ4v) is 2.96. The molecule has 6 heteroatoms. The topological polar surface area (TPSA) is 74.8 Å². The van der Waals surface area contributed by atoms with Gasteiger partial charge in [0.05, 0.1) is 23.9 Å². The van der Waals surface area contributed by atoms with Gasteiger partial charge in [0.1, 0.15) is 6.33 Å². The second-order valence-corrected chi connectivity index (χ2v) is 5.47. The summed E-state index contributed by atoms with van der Waals surface area (Å²) in [5.41, 5.74) is 3.81. The Kier molecular flexibility index (Phi) is 3.68. The van der Waals surface area contributed by atoms with Gasteiger partial charge >= 0.3 is 0 Å². The van der Waals surface area contributed by atoms with Crippen molar-refractivity contribution in [2.24, 2.45) is 0 Å². The molecule has 0 radical (unpaired) electrons. The maximum atomic E-state index is 12.6. The number of amides is 1. The molecule has 1 unspecified atom stereocenters. The van der Waals surface area contributed by atoms with Crippen molar-refractivity contribution in [3.8, 4) is 0 Å². The van der Waals surface area contributed by atoms with E-state index in [1.807, 2.05) is 24.8 Å². The lowest BCUT2D eigenvalue weighted by Gasteiger charge is -2.24. The Morgan fingerprint density at radius 1 is 1.48 bits per heavy atom. The number of nitrogens with one attached hydrogen (secondary N) is 1. The molecule has 110 valence electrons. The van der Waals surface area contributed by atoms with Crippen LogP contribution in [0.1, 0.15) is 41.5 Å². The zero-order valence-corrected chi connectivity index (χ0v) is 12.3. The van der Waals surface area contributed by atoms with Crippen LogP contribution in [-0.2, 0) is 11.2 Å². The van der Waals surface area contributed by atoms with Gasteiger partial charge < -0.3 is 4.90 Å². The molecule has 1 N–H and O–H groups in total. The summed E-state index contributed by atoms with van der Waals surface area (Å²) in [6.07, 6.45) is 5.65. The molecule has 1 aliphatic rings. The Hall–Kier alpha value is -2.24. The van der Waals surface area contributed by atoms with Gasteiger partial charge in [0, 0.05) is 24.0 Å². The number of aryl methyl sites for hydroxylation is 2. The first kappa shape index (κ1) is 13.7. The SMILES string of the molecule is Cc1n[nH]c(C)c1CC(=O)N1CCCC1c1ccncn1. The van der Waals surface area contributed by atoms with Gasteiger partial charge in [-0.05, 0) is 32.8 Å². The summed E-state index contributed by atoms with van der Waals surface area (Å²) in [6.45, 7) is 4.68. The molecule has 2 aromatic heterocycles. The molecule has 1 saturated heterocycles. The smallest absolute Gasteiger partial charge is 0.227 e. The minimum absolute atomic E-state index is 0.0769. The fraction of sp³-hybridized carbons (Fsp3) is 0.467. The van der Waals surface area contributed by atoms with E-state index < -0.39 is 0 Å². The summed E-state index contributed by atoms with van der Waals surface area (Å²) in [7, 11) is 0. The van der Waals surface area contributed by atoms with Crippen molar-refractivity contribution in [2.45, 2.75) is 39.2 Å². The summed E-state index contributed by atoms with van der Waals surface area (Å²) in [5, 5.41) is 7.09. The van der Waals surface area contributed by atoms with Crippen LogP contribution in [0, 0.1) is 13.8 Å². The van der Waals surface area contributed by atoms with E-state index in [4.69, 9.17) is 0 Å². The lowest BCUT2D eigenvalue weighted by molar-refractivity contribution is -0.131. The maximum absolute atomic E-state index is 12.6. The van der Waals surface area contributed by atoms with Gasteiger partial charge in [0.2, 0.25) is 5.91 Å². The van der Waals surface area contributed by atoms with Crippen molar-refractivity contribution >= 4 is 5.91 Å². The van der Waals surface area contributed by atoms with Crippen molar-refractivity contribution < 1.29 is 4.79 Å². The first-order valence-electron chi connectivity index (χ1n) is 7.22. The normalized spacial score (nSPS) is 18.2. The molecule has 1 fully saturated rings. The van der Waals surface area contributed by atoms with Gasteiger partial charge in [-0.3, -0.25) is 9.89 Å². The predicted molar refractivity (Wildman–Crippen MR) is 77.5 cm³/mol. The molecular weight excluding hydrogens is 266 g/mol. The van der Waals surface area contributed by atoms with Crippen LogP contribution in [0.25, 0.3) is 0 Å². The number of likely N-dealkylation sites (tertiary alicyclic amines) is 1. The van der Waals surface area contributed by atoms with Crippen molar-refractivity contribution in [3.05, 3.63) is 41.2 Å². The number of nitrogens with zero attached hydrogens (tertiary/aromatic N) is 4. The van der Waals surface area contributed by atoms with Crippen LogP contribution in [-0.4, -0.2) is 37.5 Å². The molecule has 1 atom stereocenters. The van der Waals surface area contributed by atoms with Crippen molar-refractivity contribution in [1.82, 2.24) is 25.1 Å². The molecule has 2 aromatic rings. The minimum Gasteiger partial charge on any atom is -0.334 e. The average molecular weight is 285 g/mol. The van der Waals surface area contributed by atoms with E-state index in [1.54, 1.807) is 12.5 Å². The summed E-state index contributed by atoms with van der Waals surface area (Å²) in [4.78, 5) is 22.8. The number of hydrogen-bond donors (Lipinski definition) is 1. The third kappa shape index (κ3) is 2.66. The Morgan fingerprint density at radius 2 is 2.33 bits per heavy atom. The molecule has 21 heavy (non-hydrogen) atoms. The lowest BCUT2D eigenvalue weighted by atomic mass is 10.1. The molecule has 0 spiro atoms. The van der Waals surface area contributed by atoms with E-state index in [-0.39, 0.29) is 11.9 Å². The van der Waals surface area contributed by atoms with Crippen LogP contribution in [0.5, 0.6) is 0 Å². The van der Waals surface area contributed by atoms with Crippen molar-refractivity contribution in [2.75, 3.05) is 6.54 Å². The Balaban J connectivity index is 1.78. The highest BCUT2D eigenvalue weighted by molar-refractivity contribution is 5.80. The molecule has 3 heterocycles. The quantitative estimate of drug-likeness (QED) is 0.931. The number of aromatic amines is 1. The second kappa shape index (κ2) is 5.63. The summed E-state index contributed by atoms with van der Waals surface area (Å²) in [5.74, 6) is 0.142. The largest absolute Gasteiger partial charge is 0.334 e. The Morgan fingerprint density at radius 3 is 3.00 bits per heavy atom. The van der Waals surface area contributed by atoms with Gasteiger partial charge in [0.15, 0.2) is 0 Å². The molecule has 3 rings (SSSR count). The molecule has 1 aliphatic heterocycles. The predicted octanol–water partition coefficient (Wildman–Crippen LogP) is 1.72.